The van der Waals surface area contributed by atoms with Crippen molar-refractivity contribution in [3.63, 3.8) is 0 Å². The second-order valence-electron chi connectivity index (χ2n) is 5.86. The van der Waals surface area contributed by atoms with Gasteiger partial charge >= 0.3 is 6.36 Å². The molecule has 0 fully saturated rings. The van der Waals surface area contributed by atoms with Crippen molar-refractivity contribution in [3.8, 4) is 5.75 Å². The number of carbonyl (C=O) groups excluding carboxylic acids is 1. The van der Waals surface area contributed by atoms with Gasteiger partial charge in [0.1, 0.15) is 5.75 Å². The van der Waals surface area contributed by atoms with E-state index in [-0.39, 0.29) is 18.2 Å². The van der Waals surface area contributed by atoms with Crippen LogP contribution in [0.5, 0.6) is 5.75 Å². The van der Waals surface area contributed by atoms with E-state index in [1.165, 1.54) is 29.5 Å². The average Bonchev–Trinajstić information content (AvgIpc) is 3.20. The van der Waals surface area contributed by atoms with Crippen molar-refractivity contribution < 1.29 is 22.7 Å². The zero-order valence-electron chi connectivity index (χ0n) is 15.9. The Morgan fingerprint density at radius 2 is 1.86 bits per heavy atom. The minimum absolute atomic E-state index is 0.0245. The maximum Gasteiger partial charge on any atom is 0.573 e. The number of amides is 1. The fourth-order valence-corrected chi connectivity index (χ4v) is 3.00. The molecule has 1 heterocycles. The number of guanidine groups is 1. The van der Waals surface area contributed by atoms with Crippen LogP contribution in [-0.4, -0.2) is 37.9 Å². The lowest BCUT2D eigenvalue weighted by Gasteiger charge is -2.14. The van der Waals surface area contributed by atoms with Gasteiger partial charge in [-0.25, -0.2) is 4.99 Å². The number of hydrogen-bond donors (Lipinski definition) is 3. The summed E-state index contributed by atoms with van der Waals surface area (Å²) in [7, 11) is 0. The van der Waals surface area contributed by atoms with E-state index in [1.54, 1.807) is 12.1 Å². The van der Waals surface area contributed by atoms with Gasteiger partial charge in [-0.05, 0) is 30.9 Å². The van der Waals surface area contributed by atoms with Crippen LogP contribution in [0, 0.1) is 0 Å². The van der Waals surface area contributed by atoms with Gasteiger partial charge in [0, 0.05) is 25.2 Å². The molecule has 0 radical (unpaired) electrons. The zero-order valence-corrected chi connectivity index (χ0v) is 16.7. The van der Waals surface area contributed by atoms with Gasteiger partial charge in [-0.3, -0.25) is 4.79 Å². The van der Waals surface area contributed by atoms with Crippen LogP contribution in [-0.2, 0) is 6.54 Å². The number of rotatable bonds is 9. The molecule has 0 saturated heterocycles. The van der Waals surface area contributed by atoms with Crippen molar-refractivity contribution in [2.45, 2.75) is 26.3 Å². The Bertz CT molecular complexity index is 795. The monoisotopic (exact) mass is 428 g/mol. The molecule has 0 aliphatic rings. The molecule has 0 saturated carbocycles. The van der Waals surface area contributed by atoms with Crippen molar-refractivity contribution in [1.29, 1.82) is 0 Å². The van der Waals surface area contributed by atoms with Crippen LogP contribution in [0.1, 0.15) is 28.6 Å². The number of halogens is 3. The van der Waals surface area contributed by atoms with E-state index < -0.39 is 6.36 Å². The van der Waals surface area contributed by atoms with E-state index in [9.17, 15) is 18.0 Å². The zero-order chi connectivity index (χ0) is 21.1. The van der Waals surface area contributed by atoms with E-state index >= 15 is 0 Å². The van der Waals surface area contributed by atoms with Gasteiger partial charge < -0.3 is 20.7 Å². The number of hydrogen-bond acceptors (Lipinski definition) is 4. The van der Waals surface area contributed by atoms with Crippen molar-refractivity contribution in [3.05, 3.63) is 52.2 Å². The SMILES string of the molecule is CCNC(=NCc1ccccc1OC(F)(F)F)NCCCNC(=O)c1cccs1. The fourth-order valence-electron chi connectivity index (χ4n) is 2.36. The lowest BCUT2D eigenvalue weighted by Crippen LogP contribution is -2.38. The Balaban J connectivity index is 1.83. The summed E-state index contributed by atoms with van der Waals surface area (Å²) in [6, 6.07) is 9.48. The minimum Gasteiger partial charge on any atom is -0.405 e. The third-order valence-corrected chi connectivity index (χ3v) is 4.50. The first-order valence-corrected chi connectivity index (χ1v) is 9.94. The molecule has 1 amide bonds. The summed E-state index contributed by atoms with van der Waals surface area (Å²) in [5.41, 5.74) is 0.324. The van der Waals surface area contributed by atoms with E-state index in [0.717, 1.165) is 0 Å². The van der Waals surface area contributed by atoms with Gasteiger partial charge in [-0.15, -0.1) is 24.5 Å². The number of aliphatic imine (C=N–C) groups is 1. The van der Waals surface area contributed by atoms with Gasteiger partial charge in [-0.1, -0.05) is 24.3 Å². The molecule has 0 unspecified atom stereocenters. The summed E-state index contributed by atoms with van der Waals surface area (Å²) in [6.45, 7) is 3.54. The predicted molar refractivity (Wildman–Crippen MR) is 107 cm³/mol. The van der Waals surface area contributed by atoms with Crippen LogP contribution in [0.25, 0.3) is 0 Å². The number of nitrogens with zero attached hydrogens (tertiary/aromatic N) is 1. The molecule has 1 aromatic carbocycles. The van der Waals surface area contributed by atoms with Gasteiger partial charge in [0.25, 0.3) is 5.91 Å². The minimum atomic E-state index is -4.75. The molecule has 0 atom stereocenters. The van der Waals surface area contributed by atoms with Crippen LogP contribution in [0.4, 0.5) is 13.2 Å². The van der Waals surface area contributed by atoms with Crippen LogP contribution < -0.4 is 20.7 Å². The summed E-state index contributed by atoms with van der Waals surface area (Å²) in [5.74, 6) is 0.0941. The Morgan fingerprint density at radius 1 is 1.10 bits per heavy atom. The Kier molecular flexibility index (Phi) is 8.78. The van der Waals surface area contributed by atoms with Gasteiger partial charge in [0.15, 0.2) is 5.96 Å². The molecule has 2 aromatic rings. The van der Waals surface area contributed by atoms with E-state index in [0.29, 0.717) is 42.5 Å². The van der Waals surface area contributed by atoms with Crippen molar-refractivity contribution in [1.82, 2.24) is 16.0 Å². The molecule has 3 N–H and O–H groups in total. The molecule has 0 bridgehead atoms. The number of carbonyl (C=O) groups is 1. The summed E-state index contributed by atoms with van der Waals surface area (Å²) >= 11 is 1.38. The van der Waals surface area contributed by atoms with Crippen molar-refractivity contribution in [2.75, 3.05) is 19.6 Å². The predicted octanol–water partition coefficient (Wildman–Crippen LogP) is 3.52. The topological polar surface area (TPSA) is 74.8 Å². The highest BCUT2D eigenvalue weighted by molar-refractivity contribution is 7.12. The quantitative estimate of drug-likeness (QED) is 0.325. The highest BCUT2D eigenvalue weighted by atomic mass is 32.1. The highest BCUT2D eigenvalue weighted by Gasteiger charge is 2.31. The van der Waals surface area contributed by atoms with Gasteiger partial charge in [-0.2, -0.15) is 0 Å². The first kappa shape index (κ1) is 22.5. The molecular formula is C19H23F3N4O2S. The molecule has 29 heavy (non-hydrogen) atoms. The number of nitrogens with one attached hydrogen (secondary N) is 3. The first-order valence-electron chi connectivity index (χ1n) is 9.06. The van der Waals surface area contributed by atoms with E-state index in [1.807, 2.05) is 18.4 Å². The molecule has 158 valence electrons. The number of thiophene rings is 1. The van der Waals surface area contributed by atoms with E-state index in [2.05, 4.69) is 25.7 Å². The molecule has 10 heteroatoms. The Labute approximate surface area is 171 Å². The number of ether oxygens (including phenoxy) is 1. The van der Waals surface area contributed by atoms with Crippen LogP contribution in [0.15, 0.2) is 46.8 Å². The molecule has 0 spiro atoms. The second-order valence-corrected chi connectivity index (χ2v) is 6.81. The van der Waals surface area contributed by atoms with Gasteiger partial charge in [0.05, 0.1) is 11.4 Å². The van der Waals surface area contributed by atoms with Gasteiger partial charge in [0.2, 0.25) is 0 Å². The number of para-hydroxylation sites is 1. The largest absolute Gasteiger partial charge is 0.573 e. The molecule has 1 aromatic heterocycles. The number of benzene rings is 1. The summed E-state index contributed by atoms with van der Waals surface area (Å²) < 4.78 is 41.6. The normalized spacial score (nSPS) is 11.8. The smallest absolute Gasteiger partial charge is 0.405 e. The highest BCUT2D eigenvalue weighted by Crippen LogP contribution is 2.26. The molecule has 0 aliphatic heterocycles. The lowest BCUT2D eigenvalue weighted by atomic mass is 10.2. The van der Waals surface area contributed by atoms with Crippen molar-refractivity contribution in [2.24, 2.45) is 4.99 Å². The third-order valence-electron chi connectivity index (χ3n) is 3.63. The van der Waals surface area contributed by atoms with Crippen LogP contribution in [0.3, 0.4) is 0 Å². The molecular weight excluding hydrogens is 405 g/mol. The summed E-state index contributed by atoms with van der Waals surface area (Å²) in [6.07, 6.45) is -4.09. The second kappa shape index (κ2) is 11.3. The van der Waals surface area contributed by atoms with E-state index in [4.69, 9.17) is 0 Å². The molecule has 6 nitrogen and oxygen atoms in total. The number of alkyl halides is 3. The Morgan fingerprint density at radius 3 is 2.55 bits per heavy atom. The van der Waals surface area contributed by atoms with Crippen LogP contribution in [0.2, 0.25) is 0 Å². The molecule has 2 rings (SSSR count). The maximum absolute atomic E-state index is 12.5. The Hall–Kier alpha value is -2.75. The van der Waals surface area contributed by atoms with Crippen LogP contribution >= 0.6 is 11.3 Å². The fraction of sp³-hybridized carbons (Fsp3) is 0.368. The standard InChI is InChI=1S/C19H23F3N4O2S/c1-2-23-18(25-11-6-10-24-17(27)16-9-5-12-29-16)26-13-14-7-3-4-8-15(14)28-19(20,21)22/h3-5,7-9,12H,2,6,10-11,13H2,1H3,(H,24,27)(H2,23,25,26). The van der Waals surface area contributed by atoms with Crippen molar-refractivity contribution >= 4 is 23.2 Å². The summed E-state index contributed by atoms with van der Waals surface area (Å²) in [5, 5.41) is 10.8. The first-order chi connectivity index (χ1) is 13.9. The summed E-state index contributed by atoms with van der Waals surface area (Å²) in [4.78, 5) is 16.8. The third kappa shape index (κ3) is 8.43. The average molecular weight is 428 g/mol. The lowest BCUT2D eigenvalue weighted by molar-refractivity contribution is -0.274. The maximum atomic E-state index is 12.5. The molecule has 0 aliphatic carbocycles.